The average Bonchev–Trinajstić information content (AvgIpc) is 2.83. The molecule has 0 aliphatic heterocycles. The maximum absolute atomic E-state index is 10.9. The predicted octanol–water partition coefficient (Wildman–Crippen LogP) is 2.49. The Balaban J connectivity index is 1.98. The van der Waals surface area contributed by atoms with Crippen molar-refractivity contribution in [2.45, 2.75) is 17.0 Å². The summed E-state index contributed by atoms with van der Waals surface area (Å²) in [5, 5.41) is 19.7. The van der Waals surface area contributed by atoms with Crippen LogP contribution in [0.3, 0.4) is 0 Å². The van der Waals surface area contributed by atoms with E-state index in [4.69, 9.17) is 5.11 Å². The van der Waals surface area contributed by atoms with Crippen LogP contribution in [0.1, 0.15) is 22.8 Å². The van der Waals surface area contributed by atoms with Gasteiger partial charge in [-0.2, -0.15) is 0 Å². The van der Waals surface area contributed by atoms with Gasteiger partial charge in [-0.25, -0.2) is 4.79 Å². The maximum atomic E-state index is 10.9. The Bertz CT molecular complexity index is 642. The SMILES string of the molecule is CC(=O)Nc1nnc(SCc2cccc(C(=O)O)c2)s1. The number of nitrogens with one attached hydrogen (secondary N) is 1. The monoisotopic (exact) mass is 309 g/mol. The Morgan fingerprint density at radius 2 is 2.20 bits per heavy atom. The van der Waals surface area contributed by atoms with Gasteiger partial charge in [0.1, 0.15) is 0 Å². The molecule has 0 bridgehead atoms. The van der Waals surface area contributed by atoms with Crippen LogP contribution in [-0.4, -0.2) is 27.2 Å². The summed E-state index contributed by atoms with van der Waals surface area (Å²) in [6.45, 7) is 1.41. The van der Waals surface area contributed by atoms with Crippen molar-refractivity contribution < 1.29 is 14.7 Å². The van der Waals surface area contributed by atoms with Crippen LogP contribution in [0, 0.1) is 0 Å². The molecular weight excluding hydrogens is 298 g/mol. The molecule has 0 radical (unpaired) electrons. The second-order valence-corrected chi connectivity index (χ2v) is 6.05. The van der Waals surface area contributed by atoms with Crippen LogP contribution in [0.2, 0.25) is 0 Å². The fourth-order valence-corrected chi connectivity index (χ4v) is 3.15. The molecule has 1 heterocycles. The molecule has 2 N–H and O–H groups in total. The number of carbonyl (C=O) groups excluding carboxylic acids is 1. The molecule has 2 rings (SSSR count). The Morgan fingerprint density at radius 1 is 1.40 bits per heavy atom. The molecule has 0 unspecified atom stereocenters. The van der Waals surface area contributed by atoms with E-state index in [2.05, 4.69) is 15.5 Å². The van der Waals surface area contributed by atoms with Gasteiger partial charge in [0.15, 0.2) is 4.34 Å². The van der Waals surface area contributed by atoms with E-state index in [0.717, 1.165) is 9.90 Å². The molecule has 0 aliphatic rings. The lowest BCUT2D eigenvalue weighted by Crippen LogP contribution is -2.04. The molecular formula is C12H11N3O3S2. The van der Waals surface area contributed by atoms with Crippen LogP contribution in [0.5, 0.6) is 0 Å². The van der Waals surface area contributed by atoms with Gasteiger partial charge >= 0.3 is 5.97 Å². The lowest BCUT2D eigenvalue weighted by atomic mass is 10.1. The number of amides is 1. The van der Waals surface area contributed by atoms with Gasteiger partial charge in [-0.05, 0) is 17.7 Å². The van der Waals surface area contributed by atoms with E-state index >= 15 is 0 Å². The number of rotatable bonds is 5. The number of thioether (sulfide) groups is 1. The van der Waals surface area contributed by atoms with Gasteiger partial charge in [-0.15, -0.1) is 10.2 Å². The Kier molecular flexibility index (Phi) is 4.70. The van der Waals surface area contributed by atoms with Gasteiger partial charge in [-0.1, -0.05) is 35.2 Å². The van der Waals surface area contributed by atoms with Crippen molar-refractivity contribution in [3.05, 3.63) is 35.4 Å². The summed E-state index contributed by atoms with van der Waals surface area (Å²) in [5.74, 6) is -0.539. The number of aromatic nitrogens is 2. The summed E-state index contributed by atoms with van der Waals surface area (Å²) in [7, 11) is 0. The minimum atomic E-state index is -0.944. The number of carboxylic acids is 1. The normalized spacial score (nSPS) is 10.2. The van der Waals surface area contributed by atoms with Crippen molar-refractivity contribution in [1.29, 1.82) is 0 Å². The summed E-state index contributed by atoms with van der Waals surface area (Å²) in [6.07, 6.45) is 0. The summed E-state index contributed by atoms with van der Waals surface area (Å²) in [4.78, 5) is 21.7. The van der Waals surface area contributed by atoms with Crippen molar-refractivity contribution in [3.8, 4) is 0 Å². The fraction of sp³-hybridized carbons (Fsp3) is 0.167. The Morgan fingerprint density at radius 3 is 2.90 bits per heavy atom. The summed E-state index contributed by atoms with van der Waals surface area (Å²) >= 11 is 2.73. The summed E-state index contributed by atoms with van der Waals surface area (Å²) in [5.41, 5.74) is 1.16. The lowest BCUT2D eigenvalue weighted by Gasteiger charge is -2.00. The van der Waals surface area contributed by atoms with Crippen LogP contribution in [0.25, 0.3) is 0 Å². The van der Waals surface area contributed by atoms with Crippen LogP contribution in [0.4, 0.5) is 5.13 Å². The molecule has 104 valence electrons. The number of hydrogen-bond acceptors (Lipinski definition) is 6. The van der Waals surface area contributed by atoms with Crippen molar-refractivity contribution >= 4 is 40.1 Å². The number of carbonyl (C=O) groups is 2. The van der Waals surface area contributed by atoms with E-state index in [0.29, 0.717) is 10.9 Å². The molecule has 0 saturated heterocycles. The van der Waals surface area contributed by atoms with Gasteiger partial charge in [0.25, 0.3) is 0 Å². The molecule has 20 heavy (non-hydrogen) atoms. The van der Waals surface area contributed by atoms with Crippen LogP contribution in [-0.2, 0) is 10.5 Å². The number of hydrogen-bond donors (Lipinski definition) is 2. The van der Waals surface area contributed by atoms with Gasteiger partial charge in [0.05, 0.1) is 5.56 Å². The van der Waals surface area contributed by atoms with E-state index in [1.54, 1.807) is 18.2 Å². The van der Waals surface area contributed by atoms with Gasteiger partial charge in [0.2, 0.25) is 11.0 Å². The first-order valence-corrected chi connectivity index (χ1v) is 7.41. The Hall–Kier alpha value is -1.93. The number of carboxylic acid groups (broad SMARTS) is 1. The second kappa shape index (κ2) is 6.49. The van der Waals surface area contributed by atoms with Crippen LogP contribution in [0.15, 0.2) is 28.6 Å². The van der Waals surface area contributed by atoms with Gasteiger partial charge in [0, 0.05) is 12.7 Å². The third-order valence-corrected chi connectivity index (χ3v) is 4.27. The fourth-order valence-electron chi connectivity index (χ4n) is 1.41. The minimum Gasteiger partial charge on any atom is -0.478 e. The zero-order chi connectivity index (χ0) is 14.5. The first kappa shape index (κ1) is 14.5. The minimum absolute atomic E-state index is 0.188. The summed E-state index contributed by atoms with van der Waals surface area (Å²) in [6, 6.07) is 6.75. The highest BCUT2D eigenvalue weighted by Gasteiger charge is 2.07. The van der Waals surface area contributed by atoms with Crippen molar-refractivity contribution in [3.63, 3.8) is 0 Å². The number of nitrogens with zero attached hydrogens (tertiary/aromatic N) is 2. The third kappa shape index (κ3) is 4.04. The van der Waals surface area contributed by atoms with E-state index in [-0.39, 0.29) is 11.5 Å². The van der Waals surface area contributed by atoms with Crippen molar-refractivity contribution in [2.75, 3.05) is 5.32 Å². The largest absolute Gasteiger partial charge is 0.478 e. The molecule has 0 saturated carbocycles. The first-order chi connectivity index (χ1) is 9.54. The van der Waals surface area contributed by atoms with Crippen LogP contribution < -0.4 is 5.32 Å². The quantitative estimate of drug-likeness (QED) is 0.651. The average molecular weight is 309 g/mol. The molecule has 0 atom stereocenters. The molecule has 6 nitrogen and oxygen atoms in total. The zero-order valence-corrected chi connectivity index (χ0v) is 12.1. The lowest BCUT2D eigenvalue weighted by molar-refractivity contribution is -0.114. The van der Waals surface area contributed by atoms with E-state index in [9.17, 15) is 9.59 Å². The number of aromatic carboxylic acids is 1. The Labute approximate surface area is 123 Å². The molecule has 0 aliphatic carbocycles. The van der Waals surface area contributed by atoms with Gasteiger partial charge in [-0.3, -0.25) is 4.79 Å². The molecule has 1 amide bonds. The smallest absolute Gasteiger partial charge is 0.335 e. The molecule has 1 aromatic heterocycles. The number of benzene rings is 1. The van der Waals surface area contributed by atoms with Gasteiger partial charge < -0.3 is 10.4 Å². The molecule has 2 aromatic rings. The topological polar surface area (TPSA) is 92.2 Å². The van der Waals surface area contributed by atoms with E-state index in [1.807, 2.05) is 6.07 Å². The highest BCUT2D eigenvalue weighted by molar-refractivity contribution is 8.00. The highest BCUT2D eigenvalue weighted by Crippen LogP contribution is 2.28. The van der Waals surface area contributed by atoms with Crippen LogP contribution >= 0.6 is 23.1 Å². The standard InChI is InChI=1S/C12H11N3O3S2/c1-7(16)13-11-14-15-12(20-11)19-6-8-3-2-4-9(5-8)10(17)18/h2-5H,6H2,1H3,(H,17,18)(H,13,14,16). The van der Waals surface area contributed by atoms with Crippen molar-refractivity contribution in [1.82, 2.24) is 10.2 Å². The second-order valence-electron chi connectivity index (χ2n) is 3.85. The van der Waals surface area contributed by atoms with E-state index in [1.165, 1.54) is 30.0 Å². The van der Waals surface area contributed by atoms with E-state index < -0.39 is 5.97 Å². The molecule has 0 spiro atoms. The van der Waals surface area contributed by atoms with Crippen molar-refractivity contribution in [2.24, 2.45) is 0 Å². The zero-order valence-electron chi connectivity index (χ0n) is 10.5. The molecule has 8 heteroatoms. The number of anilines is 1. The molecule has 0 fully saturated rings. The highest BCUT2D eigenvalue weighted by atomic mass is 32.2. The summed E-state index contributed by atoms with van der Waals surface area (Å²) < 4.78 is 0.717. The first-order valence-electron chi connectivity index (χ1n) is 5.61. The molecule has 1 aromatic carbocycles. The maximum Gasteiger partial charge on any atom is 0.335 e. The predicted molar refractivity (Wildman–Crippen MR) is 77.2 cm³/mol. The third-order valence-electron chi connectivity index (χ3n) is 2.23.